The summed E-state index contributed by atoms with van der Waals surface area (Å²) in [6, 6.07) is 7.49. The zero-order chi connectivity index (χ0) is 18.7. The first-order chi connectivity index (χ1) is 12.5. The number of carbonyl (C=O) groups is 2. The van der Waals surface area contributed by atoms with Crippen molar-refractivity contribution in [3.63, 3.8) is 0 Å². The summed E-state index contributed by atoms with van der Waals surface area (Å²) < 4.78 is 5.08. The van der Waals surface area contributed by atoms with Crippen molar-refractivity contribution in [3.8, 4) is 10.6 Å². The molecule has 7 heteroatoms. The lowest BCUT2D eigenvalue weighted by molar-refractivity contribution is -0.149. The highest BCUT2D eigenvalue weighted by Gasteiger charge is 2.30. The van der Waals surface area contributed by atoms with Crippen LogP contribution in [0, 0.1) is 12.8 Å². The average Bonchev–Trinajstić information content (AvgIpc) is 3.03. The topological polar surface area (TPSA) is 59.5 Å². The van der Waals surface area contributed by atoms with Crippen LogP contribution in [-0.2, 0) is 9.53 Å². The molecule has 26 heavy (non-hydrogen) atoms. The van der Waals surface area contributed by atoms with Gasteiger partial charge in [-0.3, -0.25) is 9.59 Å². The zero-order valence-corrected chi connectivity index (χ0v) is 16.4. The van der Waals surface area contributed by atoms with E-state index in [2.05, 4.69) is 4.98 Å². The van der Waals surface area contributed by atoms with E-state index in [4.69, 9.17) is 16.3 Å². The van der Waals surface area contributed by atoms with E-state index in [9.17, 15) is 9.59 Å². The Labute approximate surface area is 161 Å². The first kappa shape index (κ1) is 18.9. The van der Waals surface area contributed by atoms with Crippen LogP contribution in [0.25, 0.3) is 10.6 Å². The Kier molecular flexibility index (Phi) is 5.94. The summed E-state index contributed by atoms with van der Waals surface area (Å²) >= 11 is 7.61. The Balaban J connectivity index is 1.72. The Bertz CT molecular complexity index is 813. The van der Waals surface area contributed by atoms with Gasteiger partial charge in [-0.05, 0) is 32.8 Å². The number of amides is 1. The first-order valence-corrected chi connectivity index (χ1v) is 9.89. The second-order valence-corrected chi connectivity index (χ2v) is 7.64. The van der Waals surface area contributed by atoms with Gasteiger partial charge >= 0.3 is 5.97 Å². The van der Waals surface area contributed by atoms with Gasteiger partial charge in [0, 0.05) is 18.7 Å². The molecule has 1 amide bonds. The molecule has 2 heterocycles. The largest absolute Gasteiger partial charge is 0.466 e. The first-order valence-electron chi connectivity index (χ1n) is 8.69. The quantitative estimate of drug-likeness (QED) is 0.732. The van der Waals surface area contributed by atoms with Gasteiger partial charge in [-0.1, -0.05) is 29.8 Å². The molecule has 0 radical (unpaired) electrons. The standard InChI is InChI=1S/C19H21ClN2O3S/c1-3-25-19(24)13-8-10-22(11-9-13)18(23)16-12(2)21-17(26-16)14-6-4-5-7-15(14)20/h4-7,13H,3,8-11H2,1-2H3. The third kappa shape index (κ3) is 3.91. The number of carbonyl (C=O) groups excluding carboxylic acids is 2. The van der Waals surface area contributed by atoms with Crippen LogP contribution in [0.5, 0.6) is 0 Å². The minimum Gasteiger partial charge on any atom is -0.466 e. The molecule has 0 unspecified atom stereocenters. The van der Waals surface area contributed by atoms with E-state index in [0.717, 1.165) is 10.6 Å². The smallest absolute Gasteiger partial charge is 0.309 e. The molecular weight excluding hydrogens is 372 g/mol. The van der Waals surface area contributed by atoms with Gasteiger partial charge in [-0.2, -0.15) is 0 Å². The Morgan fingerprint density at radius 2 is 2.00 bits per heavy atom. The van der Waals surface area contributed by atoms with Crippen molar-refractivity contribution < 1.29 is 14.3 Å². The molecular formula is C19H21ClN2O3S. The van der Waals surface area contributed by atoms with Crippen molar-refractivity contribution >= 4 is 34.8 Å². The summed E-state index contributed by atoms with van der Waals surface area (Å²) in [4.78, 5) is 31.7. The third-order valence-electron chi connectivity index (χ3n) is 4.50. The lowest BCUT2D eigenvalue weighted by atomic mass is 9.97. The molecule has 1 aliphatic heterocycles. The maximum Gasteiger partial charge on any atom is 0.309 e. The molecule has 0 spiro atoms. The number of aryl methyl sites for hydroxylation is 1. The molecule has 0 aliphatic carbocycles. The SMILES string of the molecule is CCOC(=O)C1CCN(C(=O)c2sc(-c3ccccc3Cl)nc2C)CC1. The number of ether oxygens (including phenoxy) is 1. The van der Waals surface area contributed by atoms with Crippen molar-refractivity contribution in [3.05, 3.63) is 39.9 Å². The summed E-state index contributed by atoms with van der Waals surface area (Å²) in [5.41, 5.74) is 1.55. The molecule has 2 aromatic rings. The molecule has 0 bridgehead atoms. The van der Waals surface area contributed by atoms with Gasteiger partial charge < -0.3 is 9.64 Å². The van der Waals surface area contributed by atoms with Crippen molar-refractivity contribution in [2.45, 2.75) is 26.7 Å². The number of piperidine rings is 1. The fourth-order valence-electron chi connectivity index (χ4n) is 3.07. The lowest BCUT2D eigenvalue weighted by Crippen LogP contribution is -2.40. The van der Waals surface area contributed by atoms with Crippen LogP contribution in [0.3, 0.4) is 0 Å². The average molecular weight is 393 g/mol. The number of benzene rings is 1. The predicted octanol–water partition coefficient (Wildman–Crippen LogP) is 4.19. The predicted molar refractivity (Wildman–Crippen MR) is 103 cm³/mol. The van der Waals surface area contributed by atoms with Gasteiger partial charge in [0.2, 0.25) is 0 Å². The molecule has 3 rings (SSSR count). The van der Waals surface area contributed by atoms with Crippen molar-refractivity contribution in [1.29, 1.82) is 0 Å². The lowest BCUT2D eigenvalue weighted by Gasteiger charge is -2.30. The third-order valence-corrected chi connectivity index (χ3v) is 6.01. The number of esters is 1. The number of thiazole rings is 1. The molecule has 1 aliphatic rings. The van der Waals surface area contributed by atoms with Gasteiger partial charge in [0.1, 0.15) is 9.88 Å². The number of halogens is 1. The highest BCUT2D eigenvalue weighted by Crippen LogP contribution is 2.33. The number of hydrogen-bond donors (Lipinski definition) is 0. The minimum atomic E-state index is -0.158. The van der Waals surface area contributed by atoms with E-state index in [1.807, 2.05) is 31.2 Å². The fourth-order valence-corrected chi connectivity index (χ4v) is 4.42. The number of aromatic nitrogens is 1. The van der Waals surface area contributed by atoms with Gasteiger partial charge in [0.05, 0.1) is 23.2 Å². The van der Waals surface area contributed by atoms with Crippen LogP contribution < -0.4 is 0 Å². The van der Waals surface area contributed by atoms with Crippen molar-refractivity contribution in [1.82, 2.24) is 9.88 Å². The monoisotopic (exact) mass is 392 g/mol. The second-order valence-electron chi connectivity index (χ2n) is 6.23. The summed E-state index contributed by atoms with van der Waals surface area (Å²) in [7, 11) is 0. The maximum atomic E-state index is 12.9. The molecule has 0 atom stereocenters. The van der Waals surface area contributed by atoms with Crippen molar-refractivity contribution in [2.75, 3.05) is 19.7 Å². The minimum absolute atomic E-state index is 0.0272. The van der Waals surface area contributed by atoms with Gasteiger partial charge in [-0.25, -0.2) is 4.98 Å². The molecule has 1 saturated heterocycles. The highest BCUT2D eigenvalue weighted by molar-refractivity contribution is 7.17. The van der Waals surface area contributed by atoms with Crippen LogP contribution in [0.1, 0.15) is 35.1 Å². The van der Waals surface area contributed by atoms with E-state index in [0.29, 0.717) is 48.1 Å². The summed E-state index contributed by atoms with van der Waals surface area (Å²) in [5, 5.41) is 1.37. The van der Waals surface area contributed by atoms with Crippen molar-refractivity contribution in [2.24, 2.45) is 5.92 Å². The summed E-state index contributed by atoms with van der Waals surface area (Å²) in [6.07, 6.45) is 1.28. The Morgan fingerprint density at radius 3 is 2.65 bits per heavy atom. The van der Waals surface area contributed by atoms with Crippen LogP contribution in [0.15, 0.2) is 24.3 Å². The molecule has 5 nitrogen and oxygen atoms in total. The Hall–Kier alpha value is -1.92. The second kappa shape index (κ2) is 8.18. The van der Waals surface area contributed by atoms with E-state index in [-0.39, 0.29) is 17.8 Å². The van der Waals surface area contributed by atoms with E-state index < -0.39 is 0 Å². The van der Waals surface area contributed by atoms with E-state index >= 15 is 0 Å². The Morgan fingerprint density at radius 1 is 1.31 bits per heavy atom. The summed E-state index contributed by atoms with van der Waals surface area (Å²) in [5.74, 6) is -0.296. The maximum absolute atomic E-state index is 12.9. The molecule has 0 saturated carbocycles. The zero-order valence-electron chi connectivity index (χ0n) is 14.8. The molecule has 1 fully saturated rings. The van der Waals surface area contributed by atoms with Gasteiger partial charge in [0.25, 0.3) is 5.91 Å². The molecule has 1 aromatic carbocycles. The normalized spacial score (nSPS) is 15.1. The number of rotatable bonds is 4. The highest BCUT2D eigenvalue weighted by atomic mass is 35.5. The van der Waals surface area contributed by atoms with Gasteiger partial charge in [0.15, 0.2) is 0 Å². The molecule has 1 aromatic heterocycles. The van der Waals surface area contributed by atoms with Crippen LogP contribution >= 0.6 is 22.9 Å². The van der Waals surface area contributed by atoms with Gasteiger partial charge in [-0.15, -0.1) is 11.3 Å². The van der Waals surface area contributed by atoms with Crippen LogP contribution in [-0.4, -0.2) is 41.5 Å². The summed E-state index contributed by atoms with van der Waals surface area (Å²) in [6.45, 7) is 5.15. The van der Waals surface area contributed by atoms with Crippen LogP contribution in [0.2, 0.25) is 5.02 Å². The number of hydrogen-bond acceptors (Lipinski definition) is 5. The molecule has 0 N–H and O–H groups in total. The molecule has 138 valence electrons. The van der Waals surface area contributed by atoms with E-state index in [1.54, 1.807) is 11.8 Å². The number of nitrogens with zero attached hydrogens (tertiary/aromatic N) is 2. The number of likely N-dealkylation sites (tertiary alicyclic amines) is 1. The van der Waals surface area contributed by atoms with E-state index in [1.165, 1.54) is 11.3 Å². The van der Waals surface area contributed by atoms with Crippen LogP contribution in [0.4, 0.5) is 0 Å². The fraction of sp³-hybridized carbons (Fsp3) is 0.421.